The number of nitrogens with two attached hydrogens (primary N) is 1. The Kier molecular flexibility index (Phi) is 3.04. The number of thiophene rings is 1. The summed E-state index contributed by atoms with van der Waals surface area (Å²) in [5, 5.41) is 3.18. The summed E-state index contributed by atoms with van der Waals surface area (Å²) in [7, 11) is 0. The Morgan fingerprint density at radius 3 is 2.86 bits per heavy atom. The number of nitrogen functional groups attached to an aromatic ring is 1. The van der Waals surface area contributed by atoms with Crippen LogP contribution in [-0.2, 0) is 6.54 Å². The lowest BCUT2D eigenvalue weighted by Crippen LogP contribution is -2.25. The van der Waals surface area contributed by atoms with Gasteiger partial charge in [0.05, 0.1) is 23.4 Å². The third kappa shape index (κ3) is 2.36. The molecular formula is C17H17N3S. The average molecular weight is 295 g/mol. The van der Waals surface area contributed by atoms with Gasteiger partial charge in [-0.25, -0.2) is 0 Å². The summed E-state index contributed by atoms with van der Waals surface area (Å²) >= 11 is 1.81. The Balaban J connectivity index is 1.77. The first-order valence-electron chi connectivity index (χ1n) is 7.25. The number of fused-ring (bicyclic) bond motifs is 1. The lowest BCUT2D eigenvalue weighted by molar-refractivity contribution is 0.805. The maximum Gasteiger partial charge on any atom is 0.0724 e. The third-order valence-electron chi connectivity index (χ3n) is 4.01. The van der Waals surface area contributed by atoms with Gasteiger partial charge in [-0.2, -0.15) is 0 Å². The van der Waals surface area contributed by atoms with Crippen molar-refractivity contribution in [3.05, 3.63) is 52.9 Å². The van der Waals surface area contributed by atoms with E-state index in [2.05, 4.69) is 45.6 Å². The highest BCUT2D eigenvalue weighted by Gasteiger charge is 2.30. The molecule has 2 aromatic heterocycles. The van der Waals surface area contributed by atoms with Gasteiger partial charge in [-0.1, -0.05) is 6.07 Å². The van der Waals surface area contributed by atoms with E-state index in [1.807, 2.05) is 12.3 Å². The van der Waals surface area contributed by atoms with E-state index in [9.17, 15) is 0 Å². The standard InChI is InChI=1S/C17H17N3S/c18-17-14-4-1-9-19-15(14)7-8-16(17)20(12-5-6-12)11-13-3-2-10-21-13/h1-4,7-10,12H,5-6,11,18H2. The molecule has 2 heterocycles. The van der Waals surface area contributed by atoms with Gasteiger partial charge in [0.25, 0.3) is 0 Å². The molecule has 1 aromatic carbocycles. The zero-order valence-corrected chi connectivity index (χ0v) is 12.5. The maximum atomic E-state index is 6.44. The number of anilines is 2. The minimum atomic E-state index is 0.628. The van der Waals surface area contributed by atoms with Gasteiger partial charge in [-0.15, -0.1) is 11.3 Å². The SMILES string of the molecule is Nc1c(N(Cc2cccs2)C2CC2)ccc2ncccc12. The van der Waals surface area contributed by atoms with E-state index >= 15 is 0 Å². The van der Waals surface area contributed by atoms with E-state index in [1.54, 1.807) is 11.3 Å². The molecule has 106 valence electrons. The monoisotopic (exact) mass is 295 g/mol. The number of nitrogens with zero attached hydrogens (tertiary/aromatic N) is 2. The number of rotatable bonds is 4. The lowest BCUT2D eigenvalue weighted by atomic mass is 10.1. The normalized spacial score (nSPS) is 14.5. The smallest absolute Gasteiger partial charge is 0.0724 e. The molecule has 0 bridgehead atoms. The highest BCUT2D eigenvalue weighted by molar-refractivity contribution is 7.09. The molecule has 1 aliphatic carbocycles. The fourth-order valence-electron chi connectivity index (χ4n) is 2.78. The molecule has 0 spiro atoms. The van der Waals surface area contributed by atoms with E-state index in [0.717, 1.165) is 28.8 Å². The van der Waals surface area contributed by atoms with Crippen LogP contribution in [0.1, 0.15) is 17.7 Å². The second-order valence-corrected chi connectivity index (χ2v) is 6.54. The predicted octanol–water partition coefficient (Wildman–Crippen LogP) is 4.05. The van der Waals surface area contributed by atoms with E-state index < -0.39 is 0 Å². The minimum absolute atomic E-state index is 0.628. The molecule has 3 aromatic rings. The van der Waals surface area contributed by atoms with Crippen molar-refractivity contribution >= 4 is 33.6 Å². The number of benzene rings is 1. The molecule has 4 heteroatoms. The molecule has 2 N–H and O–H groups in total. The number of pyridine rings is 1. The molecule has 0 unspecified atom stereocenters. The predicted molar refractivity (Wildman–Crippen MR) is 89.7 cm³/mol. The van der Waals surface area contributed by atoms with Crippen LogP contribution >= 0.6 is 11.3 Å². The number of hydrogen-bond acceptors (Lipinski definition) is 4. The summed E-state index contributed by atoms with van der Waals surface area (Å²) in [6.45, 7) is 0.943. The molecule has 0 atom stereocenters. The van der Waals surface area contributed by atoms with Crippen LogP contribution in [0.25, 0.3) is 10.9 Å². The molecular weight excluding hydrogens is 278 g/mol. The Bertz CT molecular complexity index is 763. The van der Waals surface area contributed by atoms with Crippen LogP contribution in [0.2, 0.25) is 0 Å². The molecule has 1 aliphatic rings. The van der Waals surface area contributed by atoms with Crippen LogP contribution in [0.5, 0.6) is 0 Å². The van der Waals surface area contributed by atoms with Gasteiger partial charge in [0.2, 0.25) is 0 Å². The van der Waals surface area contributed by atoms with Gasteiger partial charge in [-0.3, -0.25) is 4.98 Å². The van der Waals surface area contributed by atoms with E-state index in [4.69, 9.17) is 5.73 Å². The van der Waals surface area contributed by atoms with Crippen molar-refractivity contribution in [2.45, 2.75) is 25.4 Å². The van der Waals surface area contributed by atoms with Crippen molar-refractivity contribution in [2.24, 2.45) is 0 Å². The molecule has 0 aliphatic heterocycles. The van der Waals surface area contributed by atoms with Crippen molar-refractivity contribution in [3.8, 4) is 0 Å². The van der Waals surface area contributed by atoms with Crippen molar-refractivity contribution in [2.75, 3.05) is 10.6 Å². The Morgan fingerprint density at radius 2 is 2.10 bits per heavy atom. The lowest BCUT2D eigenvalue weighted by Gasteiger charge is -2.26. The largest absolute Gasteiger partial charge is 0.396 e. The Morgan fingerprint density at radius 1 is 1.19 bits per heavy atom. The Labute approximate surface area is 128 Å². The van der Waals surface area contributed by atoms with Gasteiger partial charge < -0.3 is 10.6 Å². The zero-order chi connectivity index (χ0) is 14.2. The number of hydrogen-bond donors (Lipinski definition) is 1. The second-order valence-electron chi connectivity index (χ2n) is 5.51. The summed E-state index contributed by atoms with van der Waals surface area (Å²) in [4.78, 5) is 8.22. The van der Waals surface area contributed by atoms with Crippen molar-refractivity contribution in [1.29, 1.82) is 0 Å². The summed E-state index contributed by atoms with van der Waals surface area (Å²) in [5.74, 6) is 0. The van der Waals surface area contributed by atoms with Crippen molar-refractivity contribution < 1.29 is 0 Å². The number of aromatic nitrogens is 1. The summed E-state index contributed by atoms with van der Waals surface area (Å²) in [6, 6.07) is 13.1. The third-order valence-corrected chi connectivity index (χ3v) is 4.87. The van der Waals surface area contributed by atoms with Crippen LogP contribution in [0.4, 0.5) is 11.4 Å². The molecule has 21 heavy (non-hydrogen) atoms. The van der Waals surface area contributed by atoms with Crippen LogP contribution in [0.15, 0.2) is 48.0 Å². The van der Waals surface area contributed by atoms with E-state index in [-0.39, 0.29) is 0 Å². The van der Waals surface area contributed by atoms with Crippen molar-refractivity contribution in [1.82, 2.24) is 4.98 Å². The minimum Gasteiger partial charge on any atom is -0.396 e. The molecule has 1 fully saturated rings. The highest BCUT2D eigenvalue weighted by Crippen LogP contribution is 2.39. The molecule has 0 amide bonds. The van der Waals surface area contributed by atoms with Crippen LogP contribution in [0.3, 0.4) is 0 Å². The molecule has 3 nitrogen and oxygen atoms in total. The van der Waals surface area contributed by atoms with Crippen LogP contribution < -0.4 is 10.6 Å². The summed E-state index contributed by atoms with van der Waals surface area (Å²) < 4.78 is 0. The molecule has 4 rings (SSSR count). The maximum absolute atomic E-state index is 6.44. The van der Waals surface area contributed by atoms with Gasteiger partial charge >= 0.3 is 0 Å². The van der Waals surface area contributed by atoms with Crippen molar-refractivity contribution in [3.63, 3.8) is 0 Å². The van der Waals surface area contributed by atoms with E-state index in [1.165, 1.54) is 17.7 Å². The first kappa shape index (κ1) is 12.7. The fraction of sp³-hybridized carbons (Fsp3) is 0.235. The topological polar surface area (TPSA) is 42.1 Å². The molecule has 0 saturated heterocycles. The zero-order valence-electron chi connectivity index (χ0n) is 11.7. The Hall–Kier alpha value is -2.07. The average Bonchev–Trinajstić information content (AvgIpc) is 3.23. The summed E-state index contributed by atoms with van der Waals surface area (Å²) in [6.07, 6.45) is 4.33. The first-order chi connectivity index (χ1) is 10.3. The van der Waals surface area contributed by atoms with Gasteiger partial charge in [0, 0.05) is 22.5 Å². The fourth-order valence-corrected chi connectivity index (χ4v) is 3.48. The second kappa shape index (κ2) is 5.04. The summed E-state index contributed by atoms with van der Waals surface area (Å²) in [5.41, 5.74) is 9.40. The van der Waals surface area contributed by atoms with Gasteiger partial charge in [0.1, 0.15) is 0 Å². The van der Waals surface area contributed by atoms with Crippen LogP contribution in [-0.4, -0.2) is 11.0 Å². The highest BCUT2D eigenvalue weighted by atomic mass is 32.1. The van der Waals surface area contributed by atoms with Gasteiger partial charge in [-0.05, 0) is 48.6 Å². The quantitative estimate of drug-likeness (QED) is 0.738. The van der Waals surface area contributed by atoms with E-state index in [0.29, 0.717) is 6.04 Å². The molecule has 1 saturated carbocycles. The molecule has 0 radical (unpaired) electrons. The first-order valence-corrected chi connectivity index (χ1v) is 8.13. The van der Waals surface area contributed by atoms with Gasteiger partial charge in [0.15, 0.2) is 0 Å². The van der Waals surface area contributed by atoms with Crippen LogP contribution in [0, 0.1) is 0 Å².